The molecule has 0 aliphatic heterocycles. The van der Waals surface area contributed by atoms with Gasteiger partial charge < -0.3 is 10.1 Å². The van der Waals surface area contributed by atoms with Crippen LogP contribution in [0.25, 0.3) is 5.69 Å². The fourth-order valence-electron chi connectivity index (χ4n) is 3.41. The predicted molar refractivity (Wildman–Crippen MR) is 148 cm³/mol. The zero-order valence-electron chi connectivity index (χ0n) is 20.9. The third-order valence-electron chi connectivity index (χ3n) is 5.18. The Labute approximate surface area is 225 Å². The van der Waals surface area contributed by atoms with E-state index in [1.807, 2.05) is 34.9 Å². The minimum absolute atomic E-state index is 0.160. The molecule has 0 spiro atoms. The summed E-state index contributed by atoms with van der Waals surface area (Å²) in [5, 5.41) is 12.3. The number of amides is 1. The lowest BCUT2D eigenvalue weighted by Gasteiger charge is -2.11. The molecule has 9 heteroatoms. The molecule has 1 amide bonds. The maximum Gasteiger partial charge on any atom is 0.338 e. The van der Waals surface area contributed by atoms with E-state index >= 15 is 0 Å². The number of nitrogens with one attached hydrogen (secondary N) is 1. The van der Waals surface area contributed by atoms with Crippen LogP contribution in [-0.4, -0.2) is 38.5 Å². The monoisotopic (exact) mass is 532 g/mol. The topological polar surface area (TPSA) is 86.1 Å². The van der Waals surface area contributed by atoms with Gasteiger partial charge in [0.25, 0.3) is 0 Å². The third kappa shape index (κ3) is 7.47. The van der Waals surface area contributed by atoms with E-state index in [1.54, 1.807) is 49.9 Å². The summed E-state index contributed by atoms with van der Waals surface area (Å²) in [4.78, 5) is 25.8. The quantitative estimate of drug-likeness (QED) is 0.193. The first kappa shape index (κ1) is 26.5. The third-order valence-corrected chi connectivity index (χ3v) is 7.12. The highest BCUT2D eigenvalue weighted by atomic mass is 32.2. The molecular formula is C28H28N4O3S2. The molecular weight excluding hydrogens is 504 g/mol. The fourth-order valence-corrected chi connectivity index (χ4v) is 4.99. The Kier molecular flexibility index (Phi) is 9.03. The van der Waals surface area contributed by atoms with E-state index in [-0.39, 0.29) is 23.7 Å². The number of hydrogen-bond donors (Lipinski definition) is 1. The number of carbonyl (C=O) groups is 2. The lowest BCUT2D eigenvalue weighted by atomic mass is 10.2. The van der Waals surface area contributed by atoms with Gasteiger partial charge >= 0.3 is 5.97 Å². The SMILES string of the molecule is Cc1ccc(SCc2nnc(SCC(=O)Nc3ccc(C(=O)OC(C)C)cc3)n2-c2ccccc2)cc1. The number of anilines is 1. The van der Waals surface area contributed by atoms with Crippen LogP contribution < -0.4 is 5.32 Å². The second kappa shape index (κ2) is 12.6. The Morgan fingerprint density at radius 3 is 2.30 bits per heavy atom. The number of rotatable bonds is 10. The number of ether oxygens (including phenoxy) is 1. The molecule has 0 fully saturated rings. The molecule has 0 atom stereocenters. The number of hydrogen-bond acceptors (Lipinski definition) is 7. The van der Waals surface area contributed by atoms with Gasteiger partial charge in [-0.3, -0.25) is 9.36 Å². The van der Waals surface area contributed by atoms with Gasteiger partial charge in [0.2, 0.25) is 5.91 Å². The van der Waals surface area contributed by atoms with E-state index in [9.17, 15) is 9.59 Å². The van der Waals surface area contributed by atoms with Crippen LogP contribution in [0.5, 0.6) is 0 Å². The summed E-state index contributed by atoms with van der Waals surface area (Å²) in [6.45, 7) is 5.67. The van der Waals surface area contributed by atoms with Gasteiger partial charge in [-0.15, -0.1) is 22.0 Å². The van der Waals surface area contributed by atoms with E-state index in [2.05, 4.69) is 46.7 Å². The first-order valence-electron chi connectivity index (χ1n) is 11.8. The molecule has 0 aliphatic rings. The van der Waals surface area contributed by atoms with Gasteiger partial charge in [-0.1, -0.05) is 47.7 Å². The van der Waals surface area contributed by atoms with E-state index in [1.165, 1.54) is 17.3 Å². The molecule has 0 unspecified atom stereocenters. The Bertz CT molecular complexity index is 1340. The van der Waals surface area contributed by atoms with Crippen molar-refractivity contribution in [1.29, 1.82) is 0 Å². The second-order valence-corrected chi connectivity index (χ2v) is 10.5. The molecule has 0 bridgehead atoms. The summed E-state index contributed by atoms with van der Waals surface area (Å²) >= 11 is 3.01. The lowest BCUT2D eigenvalue weighted by molar-refractivity contribution is -0.113. The van der Waals surface area contributed by atoms with E-state index in [4.69, 9.17) is 4.74 Å². The fraction of sp³-hybridized carbons (Fsp3) is 0.214. The maximum atomic E-state index is 12.7. The Hall–Kier alpha value is -3.56. The number of aromatic nitrogens is 3. The Morgan fingerprint density at radius 2 is 1.62 bits per heavy atom. The number of para-hydroxylation sites is 1. The number of carbonyl (C=O) groups excluding carboxylic acids is 2. The average Bonchev–Trinajstić information content (AvgIpc) is 3.30. The standard InChI is InChI=1S/C28H28N4O3S2/c1-19(2)35-27(34)21-11-13-22(14-12-21)29-26(33)18-37-28-31-30-25(32(28)23-7-5-4-6-8-23)17-36-24-15-9-20(3)10-16-24/h4-16,19H,17-18H2,1-3H3,(H,29,33). The maximum absolute atomic E-state index is 12.7. The smallest absolute Gasteiger partial charge is 0.338 e. The molecule has 1 heterocycles. The molecule has 4 aromatic rings. The van der Waals surface area contributed by atoms with Crippen molar-refractivity contribution in [1.82, 2.24) is 14.8 Å². The molecule has 7 nitrogen and oxygen atoms in total. The van der Waals surface area contributed by atoms with Gasteiger partial charge in [-0.2, -0.15) is 0 Å². The first-order valence-corrected chi connectivity index (χ1v) is 13.8. The molecule has 4 rings (SSSR count). The van der Waals surface area contributed by atoms with Gasteiger partial charge in [0, 0.05) is 16.3 Å². The van der Waals surface area contributed by atoms with Crippen molar-refractivity contribution >= 4 is 41.1 Å². The normalized spacial score (nSPS) is 10.9. The summed E-state index contributed by atoms with van der Waals surface area (Å²) in [5.41, 5.74) is 3.21. The Balaban J connectivity index is 1.41. The van der Waals surface area contributed by atoms with Gasteiger partial charge in [0.1, 0.15) is 5.82 Å². The van der Waals surface area contributed by atoms with Crippen LogP contribution >= 0.6 is 23.5 Å². The van der Waals surface area contributed by atoms with Crippen LogP contribution in [0.3, 0.4) is 0 Å². The van der Waals surface area contributed by atoms with E-state index < -0.39 is 0 Å². The number of benzene rings is 3. The summed E-state index contributed by atoms with van der Waals surface area (Å²) in [6.07, 6.45) is -0.191. The predicted octanol–water partition coefficient (Wildman–Crippen LogP) is 6.16. The summed E-state index contributed by atoms with van der Waals surface area (Å²) in [5.74, 6) is 1.04. The van der Waals surface area contributed by atoms with Crippen molar-refractivity contribution in [3.8, 4) is 5.69 Å². The summed E-state index contributed by atoms with van der Waals surface area (Å²) in [7, 11) is 0. The van der Waals surface area contributed by atoms with Crippen molar-refractivity contribution in [2.75, 3.05) is 11.1 Å². The van der Waals surface area contributed by atoms with Crippen LogP contribution in [0.4, 0.5) is 5.69 Å². The molecule has 0 radical (unpaired) electrons. The Morgan fingerprint density at radius 1 is 0.919 bits per heavy atom. The van der Waals surface area contributed by atoms with Gasteiger partial charge in [-0.25, -0.2) is 4.79 Å². The van der Waals surface area contributed by atoms with Crippen molar-refractivity contribution in [2.24, 2.45) is 0 Å². The van der Waals surface area contributed by atoms with Crippen LogP contribution in [0.2, 0.25) is 0 Å². The van der Waals surface area contributed by atoms with Crippen molar-refractivity contribution < 1.29 is 14.3 Å². The highest BCUT2D eigenvalue weighted by Crippen LogP contribution is 2.27. The zero-order chi connectivity index (χ0) is 26.2. The van der Waals surface area contributed by atoms with Gasteiger partial charge in [0.15, 0.2) is 5.16 Å². The minimum Gasteiger partial charge on any atom is -0.459 e. The molecule has 0 saturated carbocycles. The van der Waals surface area contributed by atoms with Crippen LogP contribution in [-0.2, 0) is 15.3 Å². The summed E-state index contributed by atoms with van der Waals surface area (Å²) in [6, 6.07) is 24.9. The molecule has 1 N–H and O–H groups in total. The highest BCUT2D eigenvalue weighted by molar-refractivity contribution is 7.99. The first-order chi connectivity index (χ1) is 17.9. The number of nitrogens with zero attached hydrogens (tertiary/aromatic N) is 3. The largest absolute Gasteiger partial charge is 0.459 e. The van der Waals surface area contributed by atoms with E-state index in [0.717, 1.165) is 16.4 Å². The minimum atomic E-state index is -0.389. The summed E-state index contributed by atoms with van der Waals surface area (Å²) < 4.78 is 7.19. The molecule has 37 heavy (non-hydrogen) atoms. The van der Waals surface area contributed by atoms with Crippen LogP contribution in [0, 0.1) is 6.92 Å². The molecule has 0 saturated heterocycles. The lowest BCUT2D eigenvalue weighted by Crippen LogP contribution is -2.15. The number of esters is 1. The number of thioether (sulfide) groups is 2. The molecule has 0 aliphatic carbocycles. The van der Waals surface area contributed by atoms with Crippen molar-refractivity contribution in [3.05, 3.63) is 95.8 Å². The van der Waals surface area contributed by atoms with Crippen LogP contribution in [0.15, 0.2) is 88.9 Å². The van der Waals surface area contributed by atoms with Crippen molar-refractivity contribution in [2.45, 2.75) is 42.7 Å². The van der Waals surface area contributed by atoms with Gasteiger partial charge in [-0.05, 0) is 69.3 Å². The highest BCUT2D eigenvalue weighted by Gasteiger charge is 2.17. The number of aryl methyl sites for hydroxylation is 1. The molecule has 1 aromatic heterocycles. The van der Waals surface area contributed by atoms with E-state index in [0.29, 0.717) is 22.2 Å². The van der Waals surface area contributed by atoms with Gasteiger partial charge in [0.05, 0.1) is 23.2 Å². The second-order valence-electron chi connectivity index (χ2n) is 8.54. The van der Waals surface area contributed by atoms with Crippen LogP contribution in [0.1, 0.15) is 35.6 Å². The average molecular weight is 533 g/mol. The van der Waals surface area contributed by atoms with Crippen molar-refractivity contribution in [3.63, 3.8) is 0 Å². The molecule has 190 valence electrons. The molecule has 3 aromatic carbocycles. The zero-order valence-corrected chi connectivity index (χ0v) is 22.5.